The van der Waals surface area contributed by atoms with E-state index in [9.17, 15) is 4.39 Å². The van der Waals surface area contributed by atoms with Crippen LogP contribution in [0.5, 0.6) is 5.75 Å². The topological polar surface area (TPSA) is 66.0 Å². The lowest BCUT2D eigenvalue weighted by molar-refractivity contribution is 0.383. The predicted molar refractivity (Wildman–Crippen MR) is 61.2 cm³/mol. The Labute approximate surface area is 98.0 Å². The molecule has 1 aromatic carbocycles. The van der Waals surface area contributed by atoms with Crippen molar-refractivity contribution in [1.82, 2.24) is 15.0 Å². The fourth-order valence-corrected chi connectivity index (χ4v) is 1.52. The minimum Gasteiger partial charge on any atom is -0.494 e. The minimum atomic E-state index is -0.386. The van der Waals surface area contributed by atoms with E-state index >= 15 is 0 Å². The van der Waals surface area contributed by atoms with E-state index in [1.54, 1.807) is 29.8 Å². The van der Waals surface area contributed by atoms with Crippen molar-refractivity contribution in [3.05, 3.63) is 35.3 Å². The normalized spacial score (nSPS) is 10.5. The summed E-state index contributed by atoms with van der Waals surface area (Å²) in [6, 6.07) is 4.98. The summed E-state index contributed by atoms with van der Waals surface area (Å²) in [7, 11) is 1.43. The van der Waals surface area contributed by atoms with Gasteiger partial charge in [0.2, 0.25) is 0 Å². The number of halogens is 1. The average molecular weight is 236 g/mol. The Morgan fingerprint density at radius 2 is 2.24 bits per heavy atom. The van der Waals surface area contributed by atoms with E-state index in [-0.39, 0.29) is 18.1 Å². The molecule has 2 aromatic rings. The molecule has 0 radical (unpaired) electrons. The molecule has 2 N–H and O–H groups in total. The lowest BCUT2D eigenvalue weighted by atomic mass is 10.2. The van der Waals surface area contributed by atoms with E-state index in [4.69, 9.17) is 10.5 Å². The van der Waals surface area contributed by atoms with Crippen molar-refractivity contribution in [2.24, 2.45) is 0 Å². The van der Waals surface area contributed by atoms with Crippen molar-refractivity contribution < 1.29 is 9.13 Å². The van der Waals surface area contributed by atoms with Gasteiger partial charge in [0.25, 0.3) is 0 Å². The van der Waals surface area contributed by atoms with E-state index in [1.807, 2.05) is 0 Å². The third-order valence-corrected chi connectivity index (χ3v) is 2.60. The number of hydrogen-bond acceptors (Lipinski definition) is 4. The third-order valence-electron chi connectivity index (χ3n) is 2.60. The maximum absolute atomic E-state index is 13.9. The van der Waals surface area contributed by atoms with Gasteiger partial charge in [0.15, 0.2) is 17.4 Å². The number of hydrogen-bond donors (Lipinski definition) is 1. The van der Waals surface area contributed by atoms with Crippen molar-refractivity contribution in [2.75, 3.05) is 12.8 Å². The number of nitrogen functional groups attached to an aromatic ring is 1. The molecular weight excluding hydrogens is 223 g/mol. The first kappa shape index (κ1) is 11.4. The van der Waals surface area contributed by atoms with Crippen LogP contribution in [-0.4, -0.2) is 22.1 Å². The van der Waals surface area contributed by atoms with Crippen molar-refractivity contribution in [3.63, 3.8) is 0 Å². The van der Waals surface area contributed by atoms with Gasteiger partial charge in [-0.15, -0.1) is 5.10 Å². The molecule has 0 saturated carbocycles. The summed E-state index contributed by atoms with van der Waals surface area (Å²) in [5.74, 6) is 0.185. The largest absolute Gasteiger partial charge is 0.494 e. The highest BCUT2D eigenvalue weighted by Gasteiger charge is 2.11. The number of nitrogens with zero attached hydrogens (tertiary/aromatic N) is 3. The quantitative estimate of drug-likeness (QED) is 0.874. The summed E-state index contributed by atoms with van der Waals surface area (Å²) in [5, 5.41) is 7.56. The van der Waals surface area contributed by atoms with Crippen LogP contribution in [0.4, 0.5) is 10.2 Å². The first-order chi connectivity index (χ1) is 8.13. The number of aromatic nitrogens is 3. The Morgan fingerprint density at radius 1 is 1.47 bits per heavy atom. The monoisotopic (exact) mass is 236 g/mol. The molecule has 0 fully saturated rings. The van der Waals surface area contributed by atoms with Crippen LogP contribution in [0.25, 0.3) is 0 Å². The smallest absolute Gasteiger partial charge is 0.170 e. The zero-order chi connectivity index (χ0) is 12.4. The van der Waals surface area contributed by atoms with Crippen molar-refractivity contribution >= 4 is 5.82 Å². The number of methoxy groups -OCH3 is 1. The Kier molecular flexibility index (Phi) is 2.95. The van der Waals surface area contributed by atoms with E-state index in [2.05, 4.69) is 10.3 Å². The van der Waals surface area contributed by atoms with Gasteiger partial charge in [0.1, 0.15) is 0 Å². The molecule has 0 aliphatic heterocycles. The van der Waals surface area contributed by atoms with E-state index in [0.29, 0.717) is 17.1 Å². The first-order valence-corrected chi connectivity index (χ1v) is 5.10. The van der Waals surface area contributed by atoms with Gasteiger partial charge in [-0.2, -0.15) is 0 Å². The Balaban J connectivity index is 2.33. The maximum Gasteiger partial charge on any atom is 0.170 e. The molecule has 1 heterocycles. The van der Waals surface area contributed by atoms with E-state index in [0.717, 1.165) is 0 Å². The van der Waals surface area contributed by atoms with Crippen LogP contribution in [0.2, 0.25) is 0 Å². The van der Waals surface area contributed by atoms with Gasteiger partial charge >= 0.3 is 0 Å². The molecule has 0 amide bonds. The summed E-state index contributed by atoms with van der Waals surface area (Å²) in [5.41, 5.74) is 6.77. The summed E-state index contributed by atoms with van der Waals surface area (Å²) < 4.78 is 20.3. The Hall–Kier alpha value is -2.11. The fraction of sp³-hybridized carbons (Fsp3) is 0.273. The molecule has 2 rings (SSSR count). The zero-order valence-electron chi connectivity index (χ0n) is 9.64. The zero-order valence-corrected chi connectivity index (χ0v) is 9.64. The number of nitrogens with two attached hydrogens (primary N) is 1. The third kappa shape index (κ3) is 2.06. The second kappa shape index (κ2) is 4.40. The van der Waals surface area contributed by atoms with Crippen LogP contribution in [0.1, 0.15) is 11.3 Å². The highest BCUT2D eigenvalue weighted by molar-refractivity contribution is 5.34. The molecule has 0 saturated heterocycles. The van der Waals surface area contributed by atoms with Gasteiger partial charge in [-0.05, 0) is 13.0 Å². The van der Waals surface area contributed by atoms with E-state index < -0.39 is 0 Å². The van der Waals surface area contributed by atoms with Gasteiger partial charge < -0.3 is 10.5 Å². The molecule has 1 aromatic heterocycles. The molecule has 0 spiro atoms. The summed E-state index contributed by atoms with van der Waals surface area (Å²) >= 11 is 0. The van der Waals surface area contributed by atoms with Crippen molar-refractivity contribution in [2.45, 2.75) is 13.5 Å². The van der Waals surface area contributed by atoms with Crippen LogP contribution in [0.3, 0.4) is 0 Å². The molecule has 0 unspecified atom stereocenters. The fourth-order valence-electron chi connectivity index (χ4n) is 1.52. The van der Waals surface area contributed by atoms with Gasteiger partial charge in [-0.25, -0.2) is 9.07 Å². The van der Waals surface area contributed by atoms with E-state index in [1.165, 1.54) is 7.11 Å². The van der Waals surface area contributed by atoms with Gasteiger partial charge in [-0.3, -0.25) is 0 Å². The Bertz CT molecular complexity index is 538. The number of anilines is 1. The average Bonchev–Trinajstić information content (AvgIpc) is 2.64. The number of benzene rings is 1. The van der Waals surface area contributed by atoms with Crippen molar-refractivity contribution in [3.8, 4) is 5.75 Å². The lowest BCUT2D eigenvalue weighted by Gasteiger charge is -2.08. The molecule has 6 heteroatoms. The second-order valence-electron chi connectivity index (χ2n) is 3.65. The molecule has 5 nitrogen and oxygen atoms in total. The number of ether oxygens (including phenoxy) is 1. The molecule has 0 atom stereocenters. The van der Waals surface area contributed by atoms with Crippen LogP contribution < -0.4 is 10.5 Å². The second-order valence-corrected chi connectivity index (χ2v) is 3.65. The van der Waals surface area contributed by atoms with Crippen molar-refractivity contribution in [1.29, 1.82) is 0 Å². The minimum absolute atomic E-state index is 0.216. The highest BCUT2D eigenvalue weighted by atomic mass is 19.1. The summed E-state index contributed by atoms with van der Waals surface area (Å²) in [4.78, 5) is 0. The first-order valence-electron chi connectivity index (χ1n) is 5.10. The molecule has 90 valence electrons. The molecule has 17 heavy (non-hydrogen) atoms. The number of rotatable bonds is 3. The molecule has 0 aliphatic rings. The molecule has 0 bridgehead atoms. The van der Waals surface area contributed by atoms with Gasteiger partial charge in [0, 0.05) is 5.56 Å². The molecular formula is C11H13FN4O. The summed E-state index contributed by atoms with van der Waals surface area (Å²) in [6.45, 7) is 2.06. The van der Waals surface area contributed by atoms with Gasteiger partial charge in [-0.1, -0.05) is 17.3 Å². The highest BCUT2D eigenvalue weighted by Crippen LogP contribution is 2.21. The lowest BCUT2D eigenvalue weighted by Crippen LogP contribution is -2.06. The van der Waals surface area contributed by atoms with Gasteiger partial charge in [0.05, 0.1) is 19.3 Å². The Morgan fingerprint density at radius 3 is 2.82 bits per heavy atom. The van der Waals surface area contributed by atoms with Crippen LogP contribution in [0.15, 0.2) is 18.2 Å². The SMILES string of the molecule is COc1cccc(Cn2nnc(N)c2C)c1F. The van der Waals surface area contributed by atoms with Crippen LogP contribution in [-0.2, 0) is 6.54 Å². The van der Waals surface area contributed by atoms with Crippen LogP contribution >= 0.6 is 0 Å². The predicted octanol–water partition coefficient (Wildman–Crippen LogP) is 1.36. The van der Waals surface area contributed by atoms with Crippen LogP contribution in [0, 0.1) is 12.7 Å². The summed E-state index contributed by atoms with van der Waals surface area (Å²) in [6.07, 6.45) is 0. The molecule has 0 aliphatic carbocycles. The standard InChI is InChI=1S/C11H13FN4O/c1-7-11(13)14-15-16(7)6-8-4-3-5-9(17-2)10(8)12/h3-5H,6,13H2,1-2H3. The maximum atomic E-state index is 13.9.